The average Bonchev–Trinajstić information content (AvgIpc) is 3.67. The quantitative estimate of drug-likeness (QED) is 0.173. The van der Waals surface area contributed by atoms with Gasteiger partial charge in [0.05, 0.1) is 11.0 Å². The Kier molecular flexibility index (Phi) is 9.02. The predicted molar refractivity (Wildman–Crippen MR) is 250 cm³/mol. The summed E-state index contributed by atoms with van der Waals surface area (Å²) in [6.07, 6.45) is 15.4. The van der Waals surface area contributed by atoms with Crippen LogP contribution < -0.4 is 0 Å². The van der Waals surface area contributed by atoms with Crippen LogP contribution in [0.1, 0.15) is 93.6 Å². The van der Waals surface area contributed by atoms with Crippen LogP contribution in [0, 0.1) is 23.7 Å². The highest BCUT2D eigenvalue weighted by atomic mass is 32.2. The number of piperidine rings is 1. The molecule has 0 bridgehead atoms. The molecule has 4 heterocycles. The second-order valence-corrected chi connectivity index (χ2v) is 21.0. The Morgan fingerprint density at radius 1 is 0.492 bits per heavy atom. The Labute approximate surface area is 364 Å². The molecule has 7 aromatic rings. The van der Waals surface area contributed by atoms with Crippen molar-refractivity contribution in [2.24, 2.45) is 23.7 Å². The third-order valence-corrected chi connectivity index (χ3v) is 18.4. The van der Waals surface area contributed by atoms with Crippen LogP contribution >= 0.6 is 11.8 Å². The lowest BCUT2D eigenvalue weighted by Gasteiger charge is -2.69. The molecule has 6 fully saturated rings. The number of benzene rings is 5. The number of aromatic nitrogens is 4. The molecule has 0 N–H and O–H groups in total. The molecule has 6 aliphatic rings. The van der Waals surface area contributed by atoms with Crippen LogP contribution in [-0.4, -0.2) is 53.0 Å². The van der Waals surface area contributed by atoms with Crippen molar-refractivity contribution in [3.8, 4) is 28.7 Å². The summed E-state index contributed by atoms with van der Waals surface area (Å²) in [5.74, 6) is 6.59. The van der Waals surface area contributed by atoms with Crippen LogP contribution in [0.2, 0.25) is 0 Å². The maximum absolute atomic E-state index is 5.23. The lowest BCUT2D eigenvalue weighted by molar-refractivity contribution is -0.144. The fourth-order valence-electron chi connectivity index (χ4n) is 14.4. The minimum absolute atomic E-state index is 0.589. The van der Waals surface area contributed by atoms with Crippen LogP contribution in [0.5, 0.6) is 0 Å². The first-order valence-corrected chi connectivity index (χ1v) is 24.6. The van der Waals surface area contributed by atoms with Crippen LogP contribution in [0.15, 0.2) is 133 Å². The second kappa shape index (κ2) is 14.9. The minimum atomic E-state index is 0.589. The van der Waals surface area contributed by atoms with Gasteiger partial charge in [0.25, 0.3) is 0 Å². The monoisotopic (exact) mass is 817 g/mol. The Morgan fingerprint density at radius 3 is 1.97 bits per heavy atom. The van der Waals surface area contributed by atoms with Crippen LogP contribution in [0.3, 0.4) is 0 Å². The van der Waals surface area contributed by atoms with Gasteiger partial charge < -0.3 is 0 Å². The number of fused-ring (bicyclic) bond motifs is 8. The molecular weight excluding hydrogens is 763 g/mol. The highest BCUT2D eigenvalue weighted by molar-refractivity contribution is 8.00. The van der Waals surface area contributed by atoms with Crippen molar-refractivity contribution in [2.45, 2.75) is 111 Å². The summed E-state index contributed by atoms with van der Waals surface area (Å²) in [5.41, 5.74) is 7.45. The van der Waals surface area contributed by atoms with Crippen LogP contribution in [-0.2, 0) is 0 Å². The summed E-state index contributed by atoms with van der Waals surface area (Å²) in [7, 11) is 0. The summed E-state index contributed by atoms with van der Waals surface area (Å²) in [4.78, 5) is 18.8. The third-order valence-electron chi connectivity index (χ3n) is 16.7. The van der Waals surface area contributed by atoms with Crippen molar-refractivity contribution in [2.75, 3.05) is 0 Å². The van der Waals surface area contributed by atoms with Gasteiger partial charge in [0.15, 0.2) is 11.6 Å². The maximum atomic E-state index is 5.23. The molecule has 11 atom stereocenters. The smallest absolute Gasteiger partial charge is 0.238 e. The highest BCUT2D eigenvalue weighted by Crippen LogP contribution is 2.64. The molecule has 61 heavy (non-hydrogen) atoms. The molecular formula is C55H55N5S. The summed E-state index contributed by atoms with van der Waals surface area (Å²) in [5, 5.41) is 4.13. The third kappa shape index (κ3) is 6.02. The molecule has 6 heteroatoms. The molecule has 5 aromatic carbocycles. The van der Waals surface area contributed by atoms with Crippen molar-refractivity contribution >= 4 is 33.6 Å². The molecule has 2 aliphatic heterocycles. The molecule has 2 saturated heterocycles. The van der Waals surface area contributed by atoms with Gasteiger partial charge in [-0.25, -0.2) is 4.98 Å². The topological polar surface area (TPSA) is 46.8 Å². The average molecular weight is 818 g/mol. The summed E-state index contributed by atoms with van der Waals surface area (Å²) in [6.45, 7) is 0. The first-order valence-electron chi connectivity index (χ1n) is 23.6. The molecule has 0 spiro atoms. The van der Waals surface area contributed by atoms with Crippen LogP contribution in [0.4, 0.5) is 0 Å². The molecule has 0 amide bonds. The van der Waals surface area contributed by atoms with Gasteiger partial charge in [-0.2, -0.15) is 21.7 Å². The SMILES string of the molecule is c1ccc(-c2nc(-c3ccccc3)nc(-n3c4ccccc4c4cc(C5CC6SC7CCCCC7N7C8CCC(c9ccccc9)CC8C8CCCC5C8C67)ccc43)n2)cc1. The van der Waals surface area contributed by atoms with E-state index < -0.39 is 0 Å². The molecule has 4 aliphatic carbocycles. The molecule has 4 saturated carbocycles. The number of para-hydroxylation sites is 1. The fraction of sp³-hybridized carbons (Fsp3) is 0.400. The lowest BCUT2D eigenvalue weighted by Crippen LogP contribution is -2.73. The summed E-state index contributed by atoms with van der Waals surface area (Å²) in [6, 6.07) is 51.2. The van der Waals surface area contributed by atoms with Gasteiger partial charge in [-0.3, -0.25) is 9.47 Å². The van der Waals surface area contributed by atoms with Gasteiger partial charge in [-0.05, 0) is 116 Å². The molecule has 2 aromatic heterocycles. The van der Waals surface area contributed by atoms with E-state index in [2.05, 4.69) is 143 Å². The first-order chi connectivity index (χ1) is 30.2. The summed E-state index contributed by atoms with van der Waals surface area (Å²) < 4.78 is 2.30. The number of hydrogen-bond acceptors (Lipinski definition) is 5. The van der Waals surface area contributed by atoms with Gasteiger partial charge in [0, 0.05) is 50.5 Å². The zero-order valence-electron chi connectivity index (χ0n) is 35.0. The lowest BCUT2D eigenvalue weighted by atomic mass is 9.50. The van der Waals surface area contributed by atoms with Crippen molar-refractivity contribution in [3.05, 3.63) is 145 Å². The van der Waals surface area contributed by atoms with Gasteiger partial charge >= 0.3 is 0 Å². The Hall–Kier alpha value is -4.78. The number of rotatable bonds is 5. The van der Waals surface area contributed by atoms with E-state index in [1.807, 2.05) is 12.1 Å². The van der Waals surface area contributed by atoms with Gasteiger partial charge in [0.1, 0.15) is 0 Å². The van der Waals surface area contributed by atoms with Crippen molar-refractivity contribution in [1.29, 1.82) is 0 Å². The fourth-order valence-corrected chi connectivity index (χ4v) is 16.4. The first kappa shape index (κ1) is 36.8. The van der Waals surface area contributed by atoms with E-state index in [1.165, 1.54) is 86.9 Å². The van der Waals surface area contributed by atoms with Gasteiger partial charge in [-0.1, -0.05) is 135 Å². The highest BCUT2D eigenvalue weighted by Gasteiger charge is 2.63. The van der Waals surface area contributed by atoms with Crippen molar-refractivity contribution in [3.63, 3.8) is 0 Å². The molecule has 5 nitrogen and oxygen atoms in total. The van der Waals surface area contributed by atoms with Crippen molar-refractivity contribution < 1.29 is 0 Å². The van der Waals surface area contributed by atoms with Crippen molar-refractivity contribution in [1.82, 2.24) is 24.4 Å². The van der Waals surface area contributed by atoms with E-state index in [0.717, 1.165) is 68.9 Å². The summed E-state index contributed by atoms with van der Waals surface area (Å²) >= 11 is 2.47. The molecule has 306 valence electrons. The van der Waals surface area contributed by atoms with Crippen LogP contribution in [0.25, 0.3) is 50.5 Å². The van der Waals surface area contributed by atoms with E-state index in [1.54, 1.807) is 11.1 Å². The van der Waals surface area contributed by atoms with E-state index in [9.17, 15) is 0 Å². The molecule has 11 unspecified atom stereocenters. The number of hydrogen-bond donors (Lipinski definition) is 0. The maximum Gasteiger partial charge on any atom is 0.238 e. The standard InChI is InChI=1S/C55H55N5S/c1-4-15-34(16-5-1)37-27-29-46-44(31-37)41-23-14-22-40-42(33-50-52(51(40)41)59(46)48-25-12-13-26-49(48)61-50)38-28-30-47-43(32-38)39-21-10-11-24-45(39)60(47)55-57-53(35-17-6-2-7-18-35)56-54(58-55)36-19-8-3-9-20-36/h1-11,15-21,24,28,30,32,37,40-42,44,46,48-52H,12-14,22-23,25-27,29,31,33H2. The number of thioether (sulfide) groups is 1. The zero-order valence-corrected chi connectivity index (χ0v) is 35.8. The normalized spacial score (nSPS) is 31.9. The number of nitrogens with zero attached hydrogens (tertiary/aromatic N) is 5. The Bertz CT molecular complexity index is 2660. The minimum Gasteiger partial charge on any atom is -0.292 e. The van der Waals surface area contributed by atoms with E-state index >= 15 is 0 Å². The molecule has 13 rings (SSSR count). The predicted octanol–water partition coefficient (Wildman–Crippen LogP) is 12.9. The molecule has 0 radical (unpaired) electrons. The van der Waals surface area contributed by atoms with Gasteiger partial charge in [-0.15, -0.1) is 0 Å². The Balaban J connectivity index is 0.923. The van der Waals surface area contributed by atoms with E-state index in [0.29, 0.717) is 29.4 Å². The zero-order chi connectivity index (χ0) is 40.0. The van der Waals surface area contributed by atoms with E-state index in [4.69, 9.17) is 15.0 Å². The van der Waals surface area contributed by atoms with Gasteiger partial charge in [0.2, 0.25) is 5.95 Å². The largest absolute Gasteiger partial charge is 0.292 e. The Morgan fingerprint density at radius 2 is 1.18 bits per heavy atom. The van der Waals surface area contributed by atoms with E-state index in [-0.39, 0.29) is 0 Å². The second-order valence-electron chi connectivity index (χ2n) is 19.5.